The van der Waals surface area contributed by atoms with E-state index in [2.05, 4.69) is 217 Å². The first kappa shape index (κ1) is 39.7. The van der Waals surface area contributed by atoms with E-state index in [1.807, 2.05) is 12.3 Å². The lowest BCUT2D eigenvalue weighted by Gasteiger charge is -2.42. The number of ether oxygens (including phenoxy) is 1. The van der Waals surface area contributed by atoms with E-state index in [4.69, 9.17) is 9.72 Å². The van der Waals surface area contributed by atoms with Crippen molar-refractivity contribution in [2.45, 2.75) is 97.8 Å². The predicted octanol–water partition coefficient (Wildman–Crippen LogP) is 14.6. The third-order valence-electron chi connectivity index (χ3n) is 14.1. The van der Waals surface area contributed by atoms with Crippen molar-refractivity contribution in [3.8, 4) is 39.8 Å². The molecule has 0 saturated heterocycles. The van der Waals surface area contributed by atoms with E-state index in [1.165, 1.54) is 55.5 Å². The zero-order valence-electron chi connectivity index (χ0n) is 37.7. The van der Waals surface area contributed by atoms with E-state index in [-0.39, 0.29) is 10.8 Å². The van der Waals surface area contributed by atoms with Crippen LogP contribution in [-0.2, 0) is 10.8 Å². The Kier molecular flexibility index (Phi) is 9.33. The predicted molar refractivity (Wildman–Crippen MR) is 256 cm³/mol. The van der Waals surface area contributed by atoms with E-state index in [0.29, 0.717) is 17.8 Å². The molecule has 0 saturated carbocycles. The molecule has 5 nitrogen and oxygen atoms in total. The van der Waals surface area contributed by atoms with Crippen molar-refractivity contribution in [3.05, 3.63) is 174 Å². The van der Waals surface area contributed by atoms with Gasteiger partial charge in [0.05, 0.1) is 33.4 Å². The number of nitrogens with zero attached hydrogens (tertiary/aromatic N) is 4. The summed E-state index contributed by atoms with van der Waals surface area (Å²) < 4.78 is 13.5. The lowest BCUT2D eigenvalue weighted by atomic mass is 9.61. The van der Waals surface area contributed by atoms with Gasteiger partial charge in [0.2, 0.25) is 0 Å². The second kappa shape index (κ2) is 14.6. The number of pyridine rings is 1. The summed E-state index contributed by atoms with van der Waals surface area (Å²) in [4.78, 5) is 5.06. The van der Waals surface area contributed by atoms with E-state index < -0.39 is 0 Å². The van der Waals surface area contributed by atoms with Crippen LogP contribution in [0.2, 0.25) is 0 Å². The Balaban J connectivity index is 1.07. The van der Waals surface area contributed by atoms with Gasteiger partial charge >= 0.3 is 0 Å². The van der Waals surface area contributed by atoms with Gasteiger partial charge in [-0.1, -0.05) is 142 Å². The van der Waals surface area contributed by atoms with Gasteiger partial charge in [-0.3, -0.25) is 13.7 Å². The van der Waals surface area contributed by atoms with Crippen LogP contribution in [0.1, 0.15) is 115 Å². The highest BCUT2D eigenvalue weighted by Crippen LogP contribution is 2.49. The topological polar surface area (TPSA) is 35.9 Å². The summed E-state index contributed by atoms with van der Waals surface area (Å²) in [5, 5.41) is 2.33. The molecule has 0 fully saturated rings. The molecule has 0 N–H and O–H groups in total. The Hall–Kier alpha value is -6.46. The fraction of sp³-hybridized carbons (Fsp3) is 0.263. The number of aromatic nitrogens is 4. The second-order valence-electron chi connectivity index (χ2n) is 19.3. The molecule has 10 rings (SSSR count). The van der Waals surface area contributed by atoms with Crippen molar-refractivity contribution in [1.29, 1.82) is 0 Å². The van der Waals surface area contributed by atoms with Gasteiger partial charge in [-0.25, -0.2) is 4.98 Å². The number of imidazole rings is 1. The zero-order valence-corrected chi connectivity index (χ0v) is 37.7. The van der Waals surface area contributed by atoms with Gasteiger partial charge < -0.3 is 4.74 Å². The maximum atomic E-state index is 6.79. The average molecular weight is 813 g/mol. The summed E-state index contributed by atoms with van der Waals surface area (Å²) in [5.41, 5.74) is 15.7. The van der Waals surface area contributed by atoms with Crippen LogP contribution in [0.5, 0.6) is 11.5 Å². The molecule has 9 aromatic rings. The van der Waals surface area contributed by atoms with Crippen LogP contribution in [0.4, 0.5) is 0 Å². The summed E-state index contributed by atoms with van der Waals surface area (Å²) in [6.07, 6.45) is 5.76. The minimum atomic E-state index is -0.142. The monoisotopic (exact) mass is 812 g/mol. The number of rotatable bonds is 8. The smallest absolute Gasteiger partial charge is 0.269 e. The molecule has 0 atom stereocenters. The third kappa shape index (κ3) is 6.11. The van der Waals surface area contributed by atoms with Gasteiger partial charge in [0.1, 0.15) is 17.3 Å². The van der Waals surface area contributed by atoms with Gasteiger partial charge in [-0.05, 0) is 122 Å². The first-order valence-electron chi connectivity index (χ1n) is 22.3. The SMILES string of the molecule is CC(C)c1cc(C(C)C)c(-c2ccnc(-n3c4ccccc4c4ccc(Oc5cccc(-n6[c-][n+]7c8c(cccc86)C(C)(C)C(C)(C)c6ccccc6-7)c5)cc43)c2)c(C(C)C)c1. The maximum absolute atomic E-state index is 6.79. The molecule has 1 aliphatic rings. The largest absolute Gasteiger partial charge is 0.458 e. The lowest BCUT2D eigenvalue weighted by Crippen LogP contribution is -2.40. The highest BCUT2D eigenvalue weighted by Gasteiger charge is 2.44. The molecule has 0 radical (unpaired) electrons. The Morgan fingerprint density at radius 1 is 0.581 bits per heavy atom. The minimum absolute atomic E-state index is 0.108. The van der Waals surface area contributed by atoms with Crippen molar-refractivity contribution >= 4 is 32.8 Å². The van der Waals surface area contributed by atoms with Gasteiger partial charge in [-0.2, -0.15) is 0 Å². The van der Waals surface area contributed by atoms with E-state index in [1.54, 1.807) is 0 Å². The van der Waals surface area contributed by atoms with Crippen molar-refractivity contribution < 1.29 is 9.30 Å². The normalized spacial score (nSPS) is 14.3. The van der Waals surface area contributed by atoms with Gasteiger partial charge in [-0.15, -0.1) is 0 Å². The van der Waals surface area contributed by atoms with Crippen LogP contribution in [-0.4, -0.2) is 14.1 Å². The molecule has 0 amide bonds. The van der Waals surface area contributed by atoms with Crippen LogP contribution in [0.15, 0.2) is 140 Å². The molecule has 3 aromatic heterocycles. The summed E-state index contributed by atoms with van der Waals surface area (Å²) in [5.74, 6) is 3.60. The number of hydrogen-bond acceptors (Lipinski definition) is 2. The molecule has 310 valence electrons. The maximum Gasteiger partial charge on any atom is 0.269 e. The van der Waals surface area contributed by atoms with Crippen molar-refractivity contribution in [3.63, 3.8) is 0 Å². The van der Waals surface area contributed by atoms with Gasteiger partial charge in [0.25, 0.3) is 6.33 Å². The summed E-state index contributed by atoms with van der Waals surface area (Å²) >= 11 is 0. The van der Waals surface area contributed by atoms with Crippen molar-refractivity contribution in [2.75, 3.05) is 0 Å². The van der Waals surface area contributed by atoms with Crippen molar-refractivity contribution in [2.24, 2.45) is 0 Å². The fourth-order valence-corrected chi connectivity index (χ4v) is 9.96. The zero-order chi connectivity index (χ0) is 43.2. The highest BCUT2D eigenvalue weighted by atomic mass is 16.5. The Labute approximate surface area is 366 Å². The molecular weight excluding hydrogens is 757 g/mol. The number of benzene rings is 6. The third-order valence-corrected chi connectivity index (χ3v) is 14.1. The van der Waals surface area contributed by atoms with Crippen LogP contribution < -0.4 is 9.30 Å². The first-order valence-corrected chi connectivity index (χ1v) is 22.3. The number of para-hydroxylation sites is 3. The number of fused-ring (bicyclic) bond motifs is 5. The molecule has 0 spiro atoms. The minimum Gasteiger partial charge on any atom is -0.458 e. The van der Waals surface area contributed by atoms with Crippen LogP contribution in [0.3, 0.4) is 0 Å². The van der Waals surface area contributed by atoms with E-state index >= 15 is 0 Å². The quantitative estimate of drug-likeness (QED) is 0.113. The molecule has 0 unspecified atom stereocenters. The molecule has 1 aliphatic heterocycles. The molecule has 5 heteroatoms. The molecular formula is C57H56N4O. The van der Waals surface area contributed by atoms with Crippen LogP contribution >= 0.6 is 0 Å². The summed E-state index contributed by atoms with van der Waals surface area (Å²) in [7, 11) is 0. The lowest BCUT2D eigenvalue weighted by molar-refractivity contribution is -0.573. The second-order valence-corrected chi connectivity index (χ2v) is 19.3. The summed E-state index contributed by atoms with van der Waals surface area (Å²) in [6.45, 7) is 23.3. The highest BCUT2D eigenvalue weighted by molar-refractivity contribution is 6.09. The average Bonchev–Trinajstić information content (AvgIpc) is 3.80. The van der Waals surface area contributed by atoms with E-state index in [0.717, 1.165) is 44.9 Å². The Bertz CT molecular complexity index is 3180. The molecule has 62 heavy (non-hydrogen) atoms. The first-order chi connectivity index (χ1) is 29.7. The molecule has 6 aromatic carbocycles. The fourth-order valence-electron chi connectivity index (χ4n) is 9.96. The Morgan fingerprint density at radius 2 is 1.23 bits per heavy atom. The Morgan fingerprint density at radius 3 is 1.98 bits per heavy atom. The van der Waals surface area contributed by atoms with Crippen LogP contribution in [0, 0.1) is 6.33 Å². The van der Waals surface area contributed by atoms with Crippen molar-refractivity contribution in [1.82, 2.24) is 14.1 Å². The molecule has 4 heterocycles. The van der Waals surface area contributed by atoms with E-state index in [9.17, 15) is 0 Å². The molecule has 0 aliphatic carbocycles. The van der Waals surface area contributed by atoms with Gasteiger partial charge in [0.15, 0.2) is 0 Å². The van der Waals surface area contributed by atoms with Crippen LogP contribution in [0.25, 0.3) is 61.2 Å². The standard InChI is InChI=1S/C57H56N4O/c1-35(2)39-29-45(36(3)4)54(46(30-39)37(5)6)38-27-28-58-53(31-38)61-49-22-13-11-19-43(49)44-26-25-42(33-52(44)61)62-41-18-15-17-40(32-41)59-34-60-50-23-14-12-20-47(50)56(7,8)57(9,10)48-21-16-24-51(59)55(48)60/h11-33,35-37H,1-10H3. The summed E-state index contributed by atoms with van der Waals surface area (Å²) in [6, 6.07) is 48.2. The van der Waals surface area contributed by atoms with Gasteiger partial charge in [0, 0.05) is 23.0 Å². The molecule has 0 bridgehead atoms. The number of hydrogen-bond donors (Lipinski definition) is 0.